The van der Waals surface area contributed by atoms with Crippen molar-refractivity contribution >= 4 is 11.6 Å². The van der Waals surface area contributed by atoms with Crippen LogP contribution in [0.15, 0.2) is 35.4 Å². The summed E-state index contributed by atoms with van der Waals surface area (Å²) in [7, 11) is 0. The van der Waals surface area contributed by atoms with Gasteiger partial charge in [-0.2, -0.15) is 9.90 Å². The molecule has 0 spiro atoms. The highest BCUT2D eigenvalue weighted by Crippen LogP contribution is 2.14. The molecular weight excluding hydrogens is 280 g/mol. The maximum Gasteiger partial charge on any atom is 0.263 e. The van der Waals surface area contributed by atoms with Crippen LogP contribution in [0, 0.1) is 0 Å². The molecule has 1 amide bonds. The summed E-state index contributed by atoms with van der Waals surface area (Å²) in [6, 6.07) is 9.53. The van der Waals surface area contributed by atoms with Gasteiger partial charge in [0, 0.05) is 11.3 Å². The Labute approximate surface area is 128 Å². The minimum Gasteiger partial charge on any atom is -0.271 e. The molecule has 0 aliphatic heterocycles. The molecule has 22 heavy (non-hydrogen) atoms. The molecule has 1 saturated carbocycles. The third kappa shape index (κ3) is 3.75. The van der Waals surface area contributed by atoms with Crippen molar-refractivity contribution in [2.24, 2.45) is 5.10 Å². The fraction of sp³-hybridized carbons (Fsp3) is 0.400. The Morgan fingerprint density at radius 2 is 1.95 bits per heavy atom. The second-order valence-electron chi connectivity index (χ2n) is 5.28. The van der Waals surface area contributed by atoms with Crippen LogP contribution in [0.2, 0.25) is 0 Å². The van der Waals surface area contributed by atoms with Gasteiger partial charge in [0.05, 0.1) is 0 Å². The number of hydrogen-bond donors (Lipinski definition) is 1. The van der Waals surface area contributed by atoms with Crippen LogP contribution >= 0.6 is 0 Å². The number of amides is 1. The van der Waals surface area contributed by atoms with Gasteiger partial charge in [0.1, 0.15) is 6.54 Å². The molecule has 1 aromatic carbocycles. The number of rotatable bonds is 4. The van der Waals surface area contributed by atoms with E-state index < -0.39 is 0 Å². The lowest BCUT2D eigenvalue weighted by atomic mass is 9.99. The number of nitrogens with one attached hydrogen (secondary N) is 1. The Hall–Kier alpha value is -2.57. The topological polar surface area (TPSA) is 85.1 Å². The SMILES string of the molecule is O=C(Cn1nnc(-c2ccccc2)n1)NN=C1CCCCC1. The average molecular weight is 298 g/mol. The number of benzene rings is 1. The Bertz CT molecular complexity index is 656. The second-order valence-corrected chi connectivity index (χ2v) is 5.28. The van der Waals surface area contributed by atoms with Crippen LogP contribution in [0.1, 0.15) is 32.1 Å². The zero-order chi connectivity index (χ0) is 15.2. The molecule has 1 heterocycles. The molecule has 0 unspecified atom stereocenters. The van der Waals surface area contributed by atoms with E-state index in [2.05, 4.69) is 25.9 Å². The van der Waals surface area contributed by atoms with Crippen molar-refractivity contribution in [3.63, 3.8) is 0 Å². The lowest BCUT2D eigenvalue weighted by molar-refractivity contribution is -0.122. The molecule has 7 nitrogen and oxygen atoms in total. The highest BCUT2D eigenvalue weighted by atomic mass is 16.2. The first-order chi connectivity index (χ1) is 10.8. The Morgan fingerprint density at radius 3 is 2.73 bits per heavy atom. The normalized spacial score (nSPS) is 14.6. The number of carbonyl (C=O) groups is 1. The summed E-state index contributed by atoms with van der Waals surface area (Å²) in [4.78, 5) is 13.1. The van der Waals surface area contributed by atoms with Gasteiger partial charge in [0.15, 0.2) is 0 Å². The molecule has 114 valence electrons. The van der Waals surface area contributed by atoms with Crippen molar-refractivity contribution in [3.8, 4) is 11.4 Å². The highest BCUT2D eigenvalue weighted by molar-refractivity contribution is 5.86. The minimum atomic E-state index is -0.241. The first kappa shape index (κ1) is 14.4. The van der Waals surface area contributed by atoms with Gasteiger partial charge in [-0.15, -0.1) is 10.2 Å². The number of nitrogens with zero attached hydrogens (tertiary/aromatic N) is 5. The number of tetrazole rings is 1. The van der Waals surface area contributed by atoms with E-state index in [4.69, 9.17) is 0 Å². The molecule has 0 radical (unpaired) electrons. The predicted molar refractivity (Wildman–Crippen MR) is 81.9 cm³/mol. The molecule has 1 N–H and O–H groups in total. The third-order valence-electron chi connectivity index (χ3n) is 3.54. The lowest BCUT2D eigenvalue weighted by Crippen LogP contribution is -2.26. The fourth-order valence-electron chi connectivity index (χ4n) is 2.39. The van der Waals surface area contributed by atoms with E-state index in [0.717, 1.165) is 37.0 Å². The molecule has 7 heteroatoms. The van der Waals surface area contributed by atoms with Crippen molar-refractivity contribution in [2.75, 3.05) is 0 Å². The maximum absolute atomic E-state index is 11.9. The van der Waals surface area contributed by atoms with E-state index in [0.29, 0.717) is 5.82 Å². The predicted octanol–water partition coefficient (Wildman–Crippen LogP) is 1.78. The minimum absolute atomic E-state index is 0.0105. The summed E-state index contributed by atoms with van der Waals surface area (Å²) in [5.74, 6) is 0.266. The van der Waals surface area contributed by atoms with Gasteiger partial charge in [0.25, 0.3) is 5.91 Å². The van der Waals surface area contributed by atoms with Crippen LogP contribution in [0.3, 0.4) is 0 Å². The summed E-state index contributed by atoms with van der Waals surface area (Å²) in [6.45, 7) is 0.0105. The largest absolute Gasteiger partial charge is 0.271 e. The van der Waals surface area contributed by atoms with Gasteiger partial charge in [-0.25, -0.2) is 5.43 Å². The summed E-state index contributed by atoms with van der Waals surface area (Å²) < 4.78 is 0. The number of hydrogen-bond acceptors (Lipinski definition) is 5. The molecule has 1 aliphatic carbocycles. The molecule has 1 aromatic heterocycles. The van der Waals surface area contributed by atoms with Gasteiger partial charge in [0.2, 0.25) is 5.82 Å². The van der Waals surface area contributed by atoms with Crippen LogP contribution in [0.4, 0.5) is 0 Å². The smallest absolute Gasteiger partial charge is 0.263 e. The molecule has 1 aliphatic rings. The Balaban J connectivity index is 1.57. The molecule has 0 saturated heterocycles. The fourth-order valence-corrected chi connectivity index (χ4v) is 2.39. The standard InChI is InChI=1S/C15H18N6O/c22-14(17-16-13-9-5-2-6-10-13)11-21-19-15(18-20-21)12-7-3-1-4-8-12/h1,3-4,7-8H,2,5-6,9-11H2,(H,17,22). The van der Waals surface area contributed by atoms with Gasteiger partial charge >= 0.3 is 0 Å². The summed E-state index contributed by atoms with van der Waals surface area (Å²) in [6.07, 6.45) is 5.50. The Kier molecular flexibility index (Phi) is 4.53. The second kappa shape index (κ2) is 6.93. The van der Waals surface area contributed by atoms with Gasteiger partial charge in [-0.1, -0.05) is 36.8 Å². The first-order valence-corrected chi connectivity index (χ1v) is 7.49. The van der Waals surface area contributed by atoms with E-state index in [-0.39, 0.29) is 12.5 Å². The summed E-state index contributed by atoms with van der Waals surface area (Å²) >= 11 is 0. The molecule has 0 bridgehead atoms. The van der Waals surface area contributed by atoms with Crippen LogP contribution in [-0.2, 0) is 11.3 Å². The highest BCUT2D eigenvalue weighted by Gasteiger charge is 2.10. The van der Waals surface area contributed by atoms with Crippen LogP contribution in [0.25, 0.3) is 11.4 Å². The lowest BCUT2D eigenvalue weighted by Gasteiger charge is -2.11. The van der Waals surface area contributed by atoms with E-state index in [1.165, 1.54) is 11.2 Å². The number of aromatic nitrogens is 4. The van der Waals surface area contributed by atoms with Crippen LogP contribution < -0.4 is 5.43 Å². The Morgan fingerprint density at radius 1 is 1.18 bits per heavy atom. The number of carbonyl (C=O) groups excluding carboxylic acids is 1. The van der Waals surface area contributed by atoms with Crippen molar-refractivity contribution in [2.45, 2.75) is 38.6 Å². The zero-order valence-electron chi connectivity index (χ0n) is 12.3. The number of hydrazone groups is 1. The van der Waals surface area contributed by atoms with Gasteiger partial charge in [-0.05, 0) is 30.9 Å². The first-order valence-electron chi connectivity index (χ1n) is 7.49. The van der Waals surface area contributed by atoms with Crippen molar-refractivity contribution in [1.82, 2.24) is 25.6 Å². The molecule has 2 aromatic rings. The van der Waals surface area contributed by atoms with Crippen molar-refractivity contribution < 1.29 is 4.79 Å². The van der Waals surface area contributed by atoms with E-state index >= 15 is 0 Å². The van der Waals surface area contributed by atoms with Crippen molar-refractivity contribution in [3.05, 3.63) is 30.3 Å². The average Bonchev–Trinajstić information content (AvgIpc) is 3.03. The third-order valence-corrected chi connectivity index (χ3v) is 3.54. The van der Waals surface area contributed by atoms with Gasteiger partial charge < -0.3 is 0 Å². The van der Waals surface area contributed by atoms with E-state index in [1.807, 2.05) is 30.3 Å². The summed E-state index contributed by atoms with van der Waals surface area (Å²) in [5.41, 5.74) is 4.51. The van der Waals surface area contributed by atoms with Crippen molar-refractivity contribution in [1.29, 1.82) is 0 Å². The summed E-state index contributed by atoms with van der Waals surface area (Å²) in [5, 5.41) is 16.2. The van der Waals surface area contributed by atoms with E-state index in [9.17, 15) is 4.79 Å². The molecular formula is C15H18N6O. The molecule has 0 atom stereocenters. The van der Waals surface area contributed by atoms with Crippen LogP contribution in [0.5, 0.6) is 0 Å². The zero-order valence-corrected chi connectivity index (χ0v) is 12.3. The quantitative estimate of drug-likeness (QED) is 0.872. The molecule has 1 fully saturated rings. The monoisotopic (exact) mass is 298 g/mol. The van der Waals surface area contributed by atoms with Crippen LogP contribution in [-0.4, -0.2) is 31.8 Å². The molecule has 3 rings (SSSR count). The maximum atomic E-state index is 11.9. The van der Waals surface area contributed by atoms with E-state index in [1.54, 1.807) is 0 Å². The van der Waals surface area contributed by atoms with Gasteiger partial charge in [-0.3, -0.25) is 4.79 Å².